The standard InChI is InChI=1S/C13H23N3O2/c1-13(2,6-9(14)17)16-12(18)10-7-3-4-8(5-7)11(10)15/h7-8,10-11H,3-6,15H2,1-2H3,(H2,14,17)(H,16,18). The van der Waals surface area contributed by atoms with Crippen molar-refractivity contribution in [3.05, 3.63) is 0 Å². The van der Waals surface area contributed by atoms with E-state index in [0.29, 0.717) is 11.8 Å². The number of fused-ring (bicyclic) bond motifs is 2. The van der Waals surface area contributed by atoms with E-state index in [2.05, 4.69) is 5.32 Å². The molecule has 0 radical (unpaired) electrons. The zero-order chi connectivity index (χ0) is 13.5. The van der Waals surface area contributed by atoms with Gasteiger partial charge in [-0.1, -0.05) is 0 Å². The molecule has 102 valence electrons. The summed E-state index contributed by atoms with van der Waals surface area (Å²) in [7, 11) is 0. The highest BCUT2D eigenvalue weighted by Gasteiger charge is 2.49. The number of carbonyl (C=O) groups is 2. The van der Waals surface area contributed by atoms with Gasteiger partial charge in [0.1, 0.15) is 0 Å². The van der Waals surface area contributed by atoms with E-state index in [4.69, 9.17) is 11.5 Å². The summed E-state index contributed by atoms with van der Waals surface area (Å²) >= 11 is 0. The lowest BCUT2D eigenvalue weighted by Crippen LogP contribution is -2.52. The lowest BCUT2D eigenvalue weighted by Gasteiger charge is -2.32. The molecule has 5 nitrogen and oxygen atoms in total. The fourth-order valence-electron chi connectivity index (χ4n) is 3.62. The Morgan fingerprint density at radius 2 is 1.89 bits per heavy atom. The molecule has 0 aromatic heterocycles. The summed E-state index contributed by atoms with van der Waals surface area (Å²) in [5.41, 5.74) is 10.7. The van der Waals surface area contributed by atoms with Gasteiger partial charge in [-0.25, -0.2) is 0 Å². The number of hydrogen-bond acceptors (Lipinski definition) is 3. The van der Waals surface area contributed by atoms with E-state index in [1.807, 2.05) is 13.8 Å². The smallest absolute Gasteiger partial charge is 0.225 e. The number of hydrogen-bond donors (Lipinski definition) is 3. The second kappa shape index (κ2) is 4.53. The third kappa shape index (κ3) is 2.51. The molecule has 4 unspecified atom stereocenters. The molecule has 5 N–H and O–H groups in total. The van der Waals surface area contributed by atoms with Crippen molar-refractivity contribution in [1.82, 2.24) is 5.32 Å². The van der Waals surface area contributed by atoms with Crippen LogP contribution in [-0.4, -0.2) is 23.4 Å². The quantitative estimate of drug-likeness (QED) is 0.664. The van der Waals surface area contributed by atoms with Gasteiger partial charge in [0.15, 0.2) is 0 Å². The Hall–Kier alpha value is -1.10. The predicted octanol–water partition coefficient (Wildman–Crippen LogP) is 0.130. The first-order valence-electron chi connectivity index (χ1n) is 6.66. The van der Waals surface area contributed by atoms with Gasteiger partial charge in [-0.2, -0.15) is 0 Å². The Balaban J connectivity index is 1.98. The van der Waals surface area contributed by atoms with Crippen LogP contribution in [0.15, 0.2) is 0 Å². The molecule has 0 aliphatic heterocycles. The van der Waals surface area contributed by atoms with Crippen molar-refractivity contribution in [2.24, 2.45) is 29.2 Å². The number of amides is 2. The minimum absolute atomic E-state index is 0.0130. The number of primary amides is 1. The van der Waals surface area contributed by atoms with Crippen LogP contribution in [0.25, 0.3) is 0 Å². The van der Waals surface area contributed by atoms with Gasteiger partial charge in [0.05, 0.1) is 5.92 Å². The lowest BCUT2D eigenvalue weighted by molar-refractivity contribution is -0.129. The maximum absolute atomic E-state index is 12.3. The van der Waals surface area contributed by atoms with Crippen LogP contribution in [0.3, 0.4) is 0 Å². The van der Waals surface area contributed by atoms with Crippen LogP contribution in [-0.2, 0) is 9.59 Å². The summed E-state index contributed by atoms with van der Waals surface area (Å²) in [5.74, 6) is 0.425. The zero-order valence-corrected chi connectivity index (χ0v) is 11.1. The molecule has 0 aromatic rings. The average molecular weight is 253 g/mol. The first-order chi connectivity index (χ1) is 8.30. The number of nitrogens with one attached hydrogen (secondary N) is 1. The van der Waals surface area contributed by atoms with Crippen LogP contribution < -0.4 is 16.8 Å². The Labute approximate surface area is 108 Å². The Bertz CT molecular complexity index is 365. The molecule has 0 aromatic carbocycles. The van der Waals surface area contributed by atoms with Crippen LogP contribution in [0, 0.1) is 17.8 Å². The normalized spacial score (nSPS) is 34.6. The van der Waals surface area contributed by atoms with Gasteiger partial charge in [0, 0.05) is 18.0 Å². The second-order valence-electron chi connectivity index (χ2n) is 6.45. The fourth-order valence-corrected chi connectivity index (χ4v) is 3.62. The molecule has 4 atom stereocenters. The SMILES string of the molecule is CC(C)(CC(N)=O)NC(=O)C1C2CCC(C2)C1N. The fraction of sp³-hybridized carbons (Fsp3) is 0.846. The predicted molar refractivity (Wildman–Crippen MR) is 68.3 cm³/mol. The summed E-state index contributed by atoms with van der Waals surface area (Å²) in [5, 5.41) is 2.93. The molecule has 18 heavy (non-hydrogen) atoms. The van der Waals surface area contributed by atoms with E-state index in [0.717, 1.165) is 19.3 Å². The molecule has 2 aliphatic carbocycles. The molecule has 5 heteroatoms. The maximum Gasteiger partial charge on any atom is 0.225 e. The van der Waals surface area contributed by atoms with Crippen molar-refractivity contribution >= 4 is 11.8 Å². The van der Waals surface area contributed by atoms with Crippen LogP contribution >= 0.6 is 0 Å². The summed E-state index contributed by atoms with van der Waals surface area (Å²) in [6.45, 7) is 3.63. The molecule has 2 amide bonds. The molecule has 2 bridgehead atoms. The molecule has 2 aliphatic rings. The number of nitrogens with two attached hydrogens (primary N) is 2. The average Bonchev–Trinajstić information content (AvgIpc) is 2.73. The summed E-state index contributed by atoms with van der Waals surface area (Å²) in [4.78, 5) is 23.3. The van der Waals surface area contributed by atoms with Gasteiger partial charge in [-0.3, -0.25) is 9.59 Å². The van der Waals surface area contributed by atoms with Gasteiger partial charge in [0.2, 0.25) is 11.8 Å². The first kappa shape index (κ1) is 13.3. The van der Waals surface area contributed by atoms with Gasteiger partial charge >= 0.3 is 0 Å². The van der Waals surface area contributed by atoms with Crippen molar-refractivity contribution in [3.8, 4) is 0 Å². The molecule has 0 saturated heterocycles. The molecular weight excluding hydrogens is 230 g/mol. The Kier molecular flexibility index (Phi) is 3.36. The van der Waals surface area contributed by atoms with Crippen molar-refractivity contribution in [2.75, 3.05) is 0 Å². The second-order valence-corrected chi connectivity index (χ2v) is 6.45. The van der Waals surface area contributed by atoms with Crippen molar-refractivity contribution in [3.63, 3.8) is 0 Å². The van der Waals surface area contributed by atoms with E-state index in [9.17, 15) is 9.59 Å². The minimum atomic E-state index is -0.593. The maximum atomic E-state index is 12.3. The highest BCUT2D eigenvalue weighted by atomic mass is 16.2. The van der Waals surface area contributed by atoms with E-state index in [-0.39, 0.29) is 24.3 Å². The number of rotatable bonds is 4. The summed E-state index contributed by atoms with van der Waals surface area (Å²) in [6, 6.07) is -0.0203. The van der Waals surface area contributed by atoms with E-state index in [1.54, 1.807) is 0 Å². The van der Waals surface area contributed by atoms with Crippen molar-refractivity contribution in [2.45, 2.75) is 51.1 Å². The highest BCUT2D eigenvalue weighted by molar-refractivity contribution is 5.82. The van der Waals surface area contributed by atoms with Crippen molar-refractivity contribution < 1.29 is 9.59 Å². The van der Waals surface area contributed by atoms with Crippen LogP contribution in [0.5, 0.6) is 0 Å². The highest BCUT2D eigenvalue weighted by Crippen LogP contribution is 2.47. The minimum Gasteiger partial charge on any atom is -0.370 e. The molecule has 0 spiro atoms. The largest absolute Gasteiger partial charge is 0.370 e. The van der Waals surface area contributed by atoms with Crippen LogP contribution in [0.2, 0.25) is 0 Å². The van der Waals surface area contributed by atoms with E-state index >= 15 is 0 Å². The Morgan fingerprint density at radius 1 is 1.28 bits per heavy atom. The molecule has 2 saturated carbocycles. The third-order valence-electron chi connectivity index (χ3n) is 4.36. The Morgan fingerprint density at radius 3 is 2.39 bits per heavy atom. The van der Waals surface area contributed by atoms with Gasteiger partial charge < -0.3 is 16.8 Å². The molecule has 2 rings (SSSR count). The zero-order valence-electron chi connectivity index (χ0n) is 11.1. The van der Waals surface area contributed by atoms with E-state index in [1.165, 1.54) is 0 Å². The monoisotopic (exact) mass is 253 g/mol. The van der Waals surface area contributed by atoms with Gasteiger partial charge in [-0.15, -0.1) is 0 Å². The van der Waals surface area contributed by atoms with Gasteiger partial charge in [0.25, 0.3) is 0 Å². The van der Waals surface area contributed by atoms with Crippen LogP contribution in [0.4, 0.5) is 0 Å². The summed E-state index contributed by atoms with van der Waals surface area (Å²) in [6.07, 6.45) is 3.48. The molecular formula is C13H23N3O2. The lowest BCUT2D eigenvalue weighted by atomic mass is 9.83. The van der Waals surface area contributed by atoms with Crippen LogP contribution in [0.1, 0.15) is 39.5 Å². The van der Waals surface area contributed by atoms with Crippen molar-refractivity contribution in [1.29, 1.82) is 0 Å². The van der Waals surface area contributed by atoms with Gasteiger partial charge in [-0.05, 0) is 44.9 Å². The van der Waals surface area contributed by atoms with E-state index < -0.39 is 11.4 Å². The third-order valence-corrected chi connectivity index (χ3v) is 4.36. The summed E-state index contributed by atoms with van der Waals surface area (Å²) < 4.78 is 0. The first-order valence-corrected chi connectivity index (χ1v) is 6.66. The topological polar surface area (TPSA) is 98.2 Å². The molecule has 0 heterocycles. The molecule has 2 fully saturated rings. The number of carbonyl (C=O) groups excluding carboxylic acids is 2.